The van der Waals surface area contributed by atoms with Crippen molar-refractivity contribution >= 4 is 35.6 Å². The Morgan fingerprint density at radius 2 is 1.92 bits per heavy atom. The first-order valence-corrected chi connectivity index (χ1v) is 7.96. The van der Waals surface area contributed by atoms with Gasteiger partial charge in [-0.3, -0.25) is 4.79 Å². The van der Waals surface area contributed by atoms with Crippen molar-refractivity contribution in [3.63, 3.8) is 0 Å². The highest BCUT2D eigenvalue weighted by Crippen LogP contribution is 2.25. The van der Waals surface area contributed by atoms with E-state index in [4.69, 9.17) is 16.3 Å². The maximum Gasteiger partial charge on any atom is 0.262 e. The van der Waals surface area contributed by atoms with E-state index < -0.39 is 0 Å². The van der Waals surface area contributed by atoms with Crippen LogP contribution in [0.4, 0.5) is 5.69 Å². The minimum Gasteiger partial charge on any atom is -0.483 e. The highest BCUT2D eigenvalue weighted by Gasteiger charge is 2.09. The average Bonchev–Trinajstić information content (AvgIpc) is 2.55. The summed E-state index contributed by atoms with van der Waals surface area (Å²) in [5, 5.41) is 6.76. The molecule has 0 radical (unpaired) electrons. The molecule has 2 aromatic carbocycles. The van der Waals surface area contributed by atoms with Gasteiger partial charge in [-0.05, 0) is 37.2 Å². The van der Waals surface area contributed by atoms with E-state index in [1.165, 1.54) is 0 Å². The molecule has 0 heterocycles. The molecule has 1 amide bonds. The number of hydrogen-bond acceptors (Lipinski definition) is 3. The van der Waals surface area contributed by atoms with Crippen LogP contribution in [0.2, 0.25) is 5.02 Å². The molecule has 0 aliphatic heterocycles. The highest BCUT2D eigenvalue weighted by molar-refractivity contribution is 6.31. The Balaban J connectivity index is 0.00000288. The van der Waals surface area contributed by atoms with Crippen LogP contribution in [-0.2, 0) is 11.3 Å². The van der Waals surface area contributed by atoms with Crippen LogP contribution in [0.5, 0.6) is 5.75 Å². The monoisotopic (exact) mass is 368 g/mol. The first kappa shape index (κ1) is 20.3. The van der Waals surface area contributed by atoms with Gasteiger partial charge in [-0.1, -0.05) is 42.8 Å². The normalized spacial score (nSPS) is 9.96. The molecule has 6 heteroatoms. The summed E-state index contributed by atoms with van der Waals surface area (Å²) in [5.41, 5.74) is 2.67. The first-order valence-electron chi connectivity index (χ1n) is 7.58. The largest absolute Gasteiger partial charge is 0.483 e. The Bertz CT molecular complexity index is 678. The van der Waals surface area contributed by atoms with Gasteiger partial charge in [0.1, 0.15) is 5.75 Å². The summed E-state index contributed by atoms with van der Waals surface area (Å²) < 4.78 is 5.56. The summed E-state index contributed by atoms with van der Waals surface area (Å²) in [6, 6.07) is 13.1. The van der Waals surface area contributed by atoms with Gasteiger partial charge >= 0.3 is 0 Å². The third kappa shape index (κ3) is 5.71. The zero-order valence-corrected chi connectivity index (χ0v) is 15.3. The van der Waals surface area contributed by atoms with Gasteiger partial charge in [0.15, 0.2) is 6.61 Å². The highest BCUT2D eigenvalue weighted by atomic mass is 35.5. The molecule has 4 nitrogen and oxygen atoms in total. The zero-order chi connectivity index (χ0) is 16.7. The number of rotatable bonds is 7. The van der Waals surface area contributed by atoms with Gasteiger partial charge in [0, 0.05) is 22.8 Å². The molecule has 0 saturated carbocycles. The molecule has 0 saturated heterocycles. The van der Waals surface area contributed by atoms with Crippen LogP contribution in [0, 0.1) is 6.92 Å². The molecule has 0 fully saturated rings. The number of para-hydroxylation sites is 1. The number of nitrogens with one attached hydrogen (secondary N) is 2. The van der Waals surface area contributed by atoms with Crippen molar-refractivity contribution in [1.29, 1.82) is 0 Å². The number of anilines is 1. The van der Waals surface area contributed by atoms with Crippen molar-refractivity contribution in [3.05, 3.63) is 58.6 Å². The lowest BCUT2D eigenvalue weighted by atomic mass is 10.1. The second-order valence-corrected chi connectivity index (χ2v) is 5.54. The van der Waals surface area contributed by atoms with Crippen LogP contribution in [-0.4, -0.2) is 19.1 Å². The summed E-state index contributed by atoms with van der Waals surface area (Å²) in [7, 11) is 0. The molecular weight excluding hydrogens is 347 g/mol. The molecule has 0 aromatic heterocycles. The average molecular weight is 369 g/mol. The minimum absolute atomic E-state index is 0. The number of carbonyl (C=O) groups excluding carboxylic acids is 1. The van der Waals surface area contributed by atoms with E-state index in [1.807, 2.05) is 38.1 Å². The topological polar surface area (TPSA) is 50.4 Å². The second kappa shape index (κ2) is 10.2. The predicted octanol–water partition coefficient (Wildman–Crippen LogP) is 4.20. The van der Waals surface area contributed by atoms with E-state index in [9.17, 15) is 4.79 Å². The summed E-state index contributed by atoms with van der Waals surface area (Å²) in [5.74, 6) is 0.418. The van der Waals surface area contributed by atoms with E-state index >= 15 is 0 Å². The van der Waals surface area contributed by atoms with Crippen molar-refractivity contribution in [2.24, 2.45) is 0 Å². The van der Waals surface area contributed by atoms with Gasteiger partial charge in [-0.15, -0.1) is 12.4 Å². The molecule has 0 aliphatic carbocycles. The Morgan fingerprint density at radius 1 is 1.17 bits per heavy atom. The summed E-state index contributed by atoms with van der Waals surface area (Å²) >= 11 is 6.04. The molecule has 0 unspecified atom stereocenters. The van der Waals surface area contributed by atoms with E-state index in [1.54, 1.807) is 18.2 Å². The third-order valence-corrected chi connectivity index (χ3v) is 3.84. The van der Waals surface area contributed by atoms with Crippen molar-refractivity contribution < 1.29 is 9.53 Å². The quantitative estimate of drug-likeness (QED) is 0.769. The fourth-order valence-electron chi connectivity index (χ4n) is 2.13. The maximum absolute atomic E-state index is 12.1. The summed E-state index contributed by atoms with van der Waals surface area (Å²) in [6.07, 6.45) is 0. The van der Waals surface area contributed by atoms with Crippen LogP contribution in [0.3, 0.4) is 0 Å². The standard InChI is InChI=1S/C18H21ClN2O2.ClH/c1-3-20-11-14-7-4-5-9-16(14)21-18(22)12-23-17-10-6-8-15(19)13(17)2;/h4-10,20H,3,11-12H2,1-2H3,(H,21,22);1H. The Morgan fingerprint density at radius 3 is 2.67 bits per heavy atom. The van der Waals surface area contributed by atoms with Gasteiger partial charge in [-0.25, -0.2) is 0 Å². The van der Waals surface area contributed by atoms with Gasteiger partial charge < -0.3 is 15.4 Å². The molecule has 0 bridgehead atoms. The maximum atomic E-state index is 12.1. The number of ether oxygens (including phenoxy) is 1. The predicted molar refractivity (Wildman–Crippen MR) is 101 cm³/mol. The zero-order valence-electron chi connectivity index (χ0n) is 13.8. The fraction of sp³-hybridized carbons (Fsp3) is 0.278. The lowest BCUT2D eigenvalue weighted by molar-refractivity contribution is -0.118. The van der Waals surface area contributed by atoms with Crippen molar-refractivity contribution in [3.8, 4) is 5.75 Å². The van der Waals surface area contributed by atoms with Gasteiger partial charge in [0.2, 0.25) is 0 Å². The SMILES string of the molecule is CCNCc1ccccc1NC(=O)COc1cccc(Cl)c1C.Cl. The molecular formula is C18H22Cl2N2O2. The van der Waals surface area contributed by atoms with E-state index in [2.05, 4.69) is 10.6 Å². The van der Waals surface area contributed by atoms with Crippen molar-refractivity contribution in [2.75, 3.05) is 18.5 Å². The Kier molecular flexibility index (Phi) is 8.61. The van der Waals surface area contributed by atoms with Crippen LogP contribution in [0.25, 0.3) is 0 Å². The fourth-order valence-corrected chi connectivity index (χ4v) is 2.30. The number of halogens is 2. The van der Waals surface area contributed by atoms with Crippen LogP contribution < -0.4 is 15.4 Å². The third-order valence-electron chi connectivity index (χ3n) is 3.43. The molecule has 2 aromatic rings. The lowest BCUT2D eigenvalue weighted by Crippen LogP contribution is -2.22. The minimum atomic E-state index is -0.201. The Hall–Kier alpha value is -1.75. The molecule has 130 valence electrons. The molecule has 2 rings (SSSR count). The number of benzene rings is 2. The van der Waals surface area contributed by atoms with E-state index in [0.717, 1.165) is 23.4 Å². The van der Waals surface area contributed by atoms with Gasteiger partial charge in [-0.2, -0.15) is 0 Å². The first-order chi connectivity index (χ1) is 11.1. The molecule has 0 atom stereocenters. The van der Waals surface area contributed by atoms with Crippen molar-refractivity contribution in [1.82, 2.24) is 5.32 Å². The van der Waals surface area contributed by atoms with Gasteiger partial charge in [0.05, 0.1) is 0 Å². The second-order valence-electron chi connectivity index (χ2n) is 5.14. The van der Waals surface area contributed by atoms with Crippen LogP contribution in [0.15, 0.2) is 42.5 Å². The van der Waals surface area contributed by atoms with Crippen LogP contribution in [0.1, 0.15) is 18.1 Å². The molecule has 2 N–H and O–H groups in total. The summed E-state index contributed by atoms with van der Waals surface area (Å²) in [6.45, 7) is 5.43. The van der Waals surface area contributed by atoms with Gasteiger partial charge in [0.25, 0.3) is 5.91 Å². The van der Waals surface area contributed by atoms with E-state index in [-0.39, 0.29) is 24.9 Å². The number of hydrogen-bond donors (Lipinski definition) is 2. The van der Waals surface area contributed by atoms with Crippen molar-refractivity contribution in [2.45, 2.75) is 20.4 Å². The molecule has 0 aliphatic rings. The number of carbonyl (C=O) groups is 1. The molecule has 0 spiro atoms. The smallest absolute Gasteiger partial charge is 0.262 e. The van der Waals surface area contributed by atoms with E-state index in [0.29, 0.717) is 17.3 Å². The summed E-state index contributed by atoms with van der Waals surface area (Å²) in [4.78, 5) is 12.1. The molecule has 24 heavy (non-hydrogen) atoms. The Labute approximate surface area is 154 Å². The lowest BCUT2D eigenvalue weighted by Gasteiger charge is -2.13. The van der Waals surface area contributed by atoms with Crippen LogP contribution >= 0.6 is 24.0 Å². The number of amides is 1.